The molecule has 4 aliphatic rings. The molecule has 3 aliphatic heterocycles. The van der Waals surface area contributed by atoms with E-state index in [4.69, 9.17) is 0 Å². The van der Waals surface area contributed by atoms with E-state index in [1.54, 1.807) is 6.92 Å². The van der Waals surface area contributed by atoms with Crippen molar-refractivity contribution in [3.8, 4) is 0 Å². The van der Waals surface area contributed by atoms with E-state index in [1.807, 2.05) is 11.0 Å². The molecule has 1 aliphatic carbocycles. The normalized spacial score (nSPS) is 28.2. The Morgan fingerprint density at radius 1 is 0.825 bits per heavy atom. The van der Waals surface area contributed by atoms with Crippen LogP contribution in [0.2, 0.25) is 0 Å². The molecule has 8 heteroatoms. The van der Waals surface area contributed by atoms with Crippen LogP contribution in [0.1, 0.15) is 75.1 Å². The second-order valence-electron chi connectivity index (χ2n) is 11.9. The SMILES string of the molecule is CC(=O)N1CCC(NC(=O)N[C@@H]2CCCC[C@@H]2C(=O)N2CC[C@H]3[C@H](c4ccccc4)Nc4ccccc4[C@@H]32)CC1. The lowest BCUT2D eigenvalue weighted by molar-refractivity contribution is -0.139. The summed E-state index contributed by atoms with van der Waals surface area (Å²) < 4.78 is 0. The van der Waals surface area contributed by atoms with Crippen molar-refractivity contribution in [1.82, 2.24) is 20.4 Å². The Bertz CT molecular complexity index is 1230. The summed E-state index contributed by atoms with van der Waals surface area (Å²) in [6.45, 7) is 3.66. The molecule has 3 N–H and O–H groups in total. The second kappa shape index (κ2) is 11.5. The fourth-order valence-corrected chi connectivity index (χ4v) is 7.51. The molecule has 3 heterocycles. The van der Waals surface area contributed by atoms with Gasteiger partial charge in [-0.15, -0.1) is 0 Å². The van der Waals surface area contributed by atoms with Crippen molar-refractivity contribution in [2.24, 2.45) is 11.8 Å². The first-order chi connectivity index (χ1) is 19.5. The molecule has 2 aromatic rings. The van der Waals surface area contributed by atoms with Crippen molar-refractivity contribution < 1.29 is 14.4 Å². The van der Waals surface area contributed by atoms with Gasteiger partial charge >= 0.3 is 6.03 Å². The largest absolute Gasteiger partial charge is 0.378 e. The van der Waals surface area contributed by atoms with Crippen molar-refractivity contribution in [2.75, 3.05) is 25.0 Å². The minimum atomic E-state index is -0.213. The van der Waals surface area contributed by atoms with Crippen LogP contribution >= 0.6 is 0 Å². The second-order valence-corrected chi connectivity index (χ2v) is 11.9. The zero-order valence-electron chi connectivity index (χ0n) is 23.4. The van der Waals surface area contributed by atoms with Gasteiger partial charge < -0.3 is 25.8 Å². The Hall–Kier alpha value is -3.55. The van der Waals surface area contributed by atoms with Crippen LogP contribution < -0.4 is 16.0 Å². The van der Waals surface area contributed by atoms with Gasteiger partial charge in [-0.1, -0.05) is 61.4 Å². The van der Waals surface area contributed by atoms with E-state index in [1.165, 1.54) is 11.1 Å². The Labute approximate surface area is 236 Å². The van der Waals surface area contributed by atoms with Crippen molar-refractivity contribution in [3.63, 3.8) is 0 Å². The number of amides is 4. The number of urea groups is 1. The molecule has 2 aromatic carbocycles. The van der Waals surface area contributed by atoms with E-state index in [0.29, 0.717) is 19.0 Å². The predicted octanol–water partition coefficient (Wildman–Crippen LogP) is 4.61. The molecule has 0 bridgehead atoms. The third-order valence-electron chi connectivity index (χ3n) is 9.58. The minimum absolute atomic E-state index is 0.0259. The molecule has 4 amide bonds. The number of carbonyl (C=O) groups excluding carboxylic acids is 3. The molecule has 8 nitrogen and oxygen atoms in total. The molecule has 6 rings (SSSR count). The zero-order chi connectivity index (χ0) is 27.6. The number of anilines is 1. The average Bonchev–Trinajstić information content (AvgIpc) is 3.43. The number of nitrogens with zero attached hydrogens (tertiary/aromatic N) is 2. The lowest BCUT2D eigenvalue weighted by Crippen LogP contribution is -2.54. The molecule has 0 aromatic heterocycles. The molecule has 0 spiro atoms. The van der Waals surface area contributed by atoms with Gasteiger partial charge in [0, 0.05) is 50.2 Å². The van der Waals surface area contributed by atoms with Crippen LogP contribution in [0, 0.1) is 11.8 Å². The summed E-state index contributed by atoms with van der Waals surface area (Å²) in [5.74, 6) is 0.341. The van der Waals surface area contributed by atoms with Crippen molar-refractivity contribution in [2.45, 2.75) is 76.0 Å². The minimum Gasteiger partial charge on any atom is -0.378 e. The highest BCUT2D eigenvalue weighted by atomic mass is 16.2. The number of piperidine rings is 1. The maximum Gasteiger partial charge on any atom is 0.315 e. The van der Waals surface area contributed by atoms with Gasteiger partial charge in [-0.25, -0.2) is 4.79 Å². The van der Waals surface area contributed by atoms with E-state index >= 15 is 0 Å². The number of nitrogens with one attached hydrogen (secondary N) is 3. The van der Waals surface area contributed by atoms with E-state index in [-0.39, 0.29) is 47.9 Å². The fourth-order valence-electron chi connectivity index (χ4n) is 7.51. The zero-order valence-corrected chi connectivity index (χ0v) is 23.4. The topological polar surface area (TPSA) is 93.8 Å². The Kier molecular flexibility index (Phi) is 7.67. The standard InChI is InChI=1S/C32H41N5O3/c1-21(38)36-18-15-23(16-19-36)33-32(40)35-28-14-8-6-12-25(28)31(39)37-20-17-26-29(22-9-3-2-4-10-22)34-27-13-7-5-11-24(27)30(26)37/h2-5,7,9-11,13,23,25-26,28-30,34H,6,8,12,14-20H2,1H3,(H2,33,35,40)/t25-,26-,28+,29-,30-/m0/s1. The highest BCUT2D eigenvalue weighted by Crippen LogP contribution is 2.51. The van der Waals surface area contributed by atoms with Crippen molar-refractivity contribution in [3.05, 3.63) is 65.7 Å². The van der Waals surface area contributed by atoms with Crippen LogP contribution in [-0.2, 0) is 9.59 Å². The summed E-state index contributed by atoms with van der Waals surface area (Å²) in [5.41, 5.74) is 3.55. The summed E-state index contributed by atoms with van der Waals surface area (Å²) in [6.07, 6.45) is 6.10. The molecule has 3 fully saturated rings. The molecule has 1 saturated carbocycles. The van der Waals surface area contributed by atoms with E-state index in [0.717, 1.165) is 57.2 Å². The number of hydrogen-bond acceptors (Lipinski definition) is 4. The summed E-state index contributed by atoms with van der Waals surface area (Å²) in [5, 5.41) is 10.1. The van der Waals surface area contributed by atoms with Crippen LogP contribution in [0.3, 0.4) is 0 Å². The Morgan fingerprint density at radius 2 is 1.55 bits per heavy atom. The monoisotopic (exact) mass is 543 g/mol. The number of fused-ring (bicyclic) bond motifs is 3. The van der Waals surface area contributed by atoms with Gasteiger partial charge in [0.25, 0.3) is 0 Å². The molecule has 0 unspecified atom stereocenters. The third-order valence-corrected chi connectivity index (χ3v) is 9.58. The van der Waals surface area contributed by atoms with Crippen LogP contribution in [0.4, 0.5) is 10.5 Å². The van der Waals surface area contributed by atoms with Gasteiger partial charge in [-0.05, 0) is 49.3 Å². The first kappa shape index (κ1) is 26.7. The number of carbonyl (C=O) groups is 3. The van der Waals surface area contributed by atoms with Crippen molar-refractivity contribution in [1.29, 1.82) is 0 Å². The maximum atomic E-state index is 14.3. The molecule has 0 radical (unpaired) electrons. The van der Waals surface area contributed by atoms with Gasteiger partial charge in [0.1, 0.15) is 0 Å². The number of hydrogen-bond donors (Lipinski definition) is 3. The molecular formula is C32H41N5O3. The number of para-hydroxylation sites is 1. The summed E-state index contributed by atoms with van der Waals surface area (Å²) in [6, 6.07) is 18.8. The highest BCUT2D eigenvalue weighted by Gasteiger charge is 2.48. The highest BCUT2D eigenvalue weighted by molar-refractivity contribution is 5.83. The molecule has 5 atom stereocenters. The summed E-state index contributed by atoms with van der Waals surface area (Å²) >= 11 is 0. The number of likely N-dealkylation sites (tertiary alicyclic amines) is 2. The maximum absolute atomic E-state index is 14.3. The number of rotatable bonds is 4. The lowest BCUT2D eigenvalue weighted by atomic mass is 9.79. The summed E-state index contributed by atoms with van der Waals surface area (Å²) in [7, 11) is 0. The molecule has 2 saturated heterocycles. The predicted molar refractivity (Wildman–Crippen MR) is 154 cm³/mol. The number of benzene rings is 2. The molecule has 212 valence electrons. The lowest BCUT2D eigenvalue weighted by Gasteiger charge is -2.42. The van der Waals surface area contributed by atoms with Gasteiger partial charge in [0.05, 0.1) is 18.0 Å². The fraction of sp³-hybridized carbons (Fsp3) is 0.531. The average molecular weight is 544 g/mol. The van der Waals surface area contributed by atoms with E-state index in [2.05, 4.69) is 69.4 Å². The third kappa shape index (κ3) is 5.28. The quantitative estimate of drug-likeness (QED) is 0.525. The van der Waals surface area contributed by atoms with Gasteiger partial charge in [-0.3, -0.25) is 9.59 Å². The first-order valence-electron chi connectivity index (χ1n) is 15.0. The van der Waals surface area contributed by atoms with Crippen LogP contribution in [-0.4, -0.2) is 59.4 Å². The van der Waals surface area contributed by atoms with Gasteiger partial charge in [0.2, 0.25) is 11.8 Å². The van der Waals surface area contributed by atoms with Crippen LogP contribution in [0.15, 0.2) is 54.6 Å². The smallest absolute Gasteiger partial charge is 0.315 e. The first-order valence-corrected chi connectivity index (χ1v) is 15.0. The van der Waals surface area contributed by atoms with Gasteiger partial charge in [-0.2, -0.15) is 0 Å². The molecular weight excluding hydrogens is 502 g/mol. The molecule has 40 heavy (non-hydrogen) atoms. The Balaban J connectivity index is 1.16. The van der Waals surface area contributed by atoms with Crippen LogP contribution in [0.25, 0.3) is 0 Å². The Morgan fingerprint density at radius 3 is 2.33 bits per heavy atom. The van der Waals surface area contributed by atoms with Gasteiger partial charge in [0.15, 0.2) is 0 Å². The van der Waals surface area contributed by atoms with E-state index < -0.39 is 0 Å². The summed E-state index contributed by atoms with van der Waals surface area (Å²) in [4.78, 5) is 42.9. The van der Waals surface area contributed by atoms with Crippen molar-refractivity contribution >= 4 is 23.5 Å². The van der Waals surface area contributed by atoms with Crippen LogP contribution in [0.5, 0.6) is 0 Å². The van der Waals surface area contributed by atoms with E-state index in [9.17, 15) is 14.4 Å².